The van der Waals surface area contributed by atoms with E-state index in [1.54, 1.807) is 0 Å². The lowest BCUT2D eigenvalue weighted by Crippen LogP contribution is -2.29. The summed E-state index contributed by atoms with van der Waals surface area (Å²) in [6.45, 7) is 5.65. The highest BCUT2D eigenvalue weighted by Crippen LogP contribution is 2.25. The molecule has 1 saturated heterocycles. The number of hydrogen-bond acceptors (Lipinski definition) is 4. The third-order valence-corrected chi connectivity index (χ3v) is 4.26. The third-order valence-electron chi connectivity index (χ3n) is 4.26. The average molecular weight is 279 g/mol. The van der Waals surface area contributed by atoms with E-state index in [9.17, 15) is 0 Å². The van der Waals surface area contributed by atoms with Gasteiger partial charge in [0.2, 0.25) is 0 Å². The summed E-state index contributed by atoms with van der Waals surface area (Å²) in [5.41, 5.74) is 2.03. The number of ether oxygens (including phenoxy) is 2. The second-order valence-corrected chi connectivity index (χ2v) is 6.07. The lowest BCUT2D eigenvalue weighted by Gasteiger charge is -2.15. The van der Waals surface area contributed by atoms with Gasteiger partial charge >= 0.3 is 0 Å². The average Bonchev–Trinajstić information content (AvgIpc) is 3.09. The van der Waals surface area contributed by atoms with E-state index in [4.69, 9.17) is 9.47 Å². The minimum atomic E-state index is 0.222. The molecule has 2 aliphatic rings. The first-order chi connectivity index (χ1) is 9.63. The molecule has 2 atom stereocenters. The summed E-state index contributed by atoms with van der Waals surface area (Å²) >= 11 is 0. The number of aromatic nitrogens is 2. The molecular weight excluding hydrogens is 254 g/mol. The molecular formula is C15H25N3O2. The van der Waals surface area contributed by atoms with Crippen LogP contribution in [0, 0.1) is 13.8 Å². The molecule has 0 spiro atoms. The smallest absolute Gasteiger partial charge is 0.163 e. The monoisotopic (exact) mass is 279 g/mol. The third kappa shape index (κ3) is 3.15. The molecule has 2 fully saturated rings. The van der Waals surface area contributed by atoms with Crippen LogP contribution >= 0.6 is 0 Å². The van der Waals surface area contributed by atoms with E-state index in [0.29, 0.717) is 12.7 Å². The minimum Gasteiger partial charge on any atom is -0.487 e. The van der Waals surface area contributed by atoms with Gasteiger partial charge in [0, 0.05) is 19.6 Å². The summed E-state index contributed by atoms with van der Waals surface area (Å²) in [5.74, 6) is 0.913. The van der Waals surface area contributed by atoms with Gasteiger partial charge in [0.1, 0.15) is 12.3 Å². The number of hydrogen-bond donors (Lipinski definition) is 1. The van der Waals surface area contributed by atoms with Crippen LogP contribution in [0.3, 0.4) is 0 Å². The van der Waals surface area contributed by atoms with E-state index in [-0.39, 0.29) is 6.10 Å². The Morgan fingerprint density at radius 3 is 2.65 bits per heavy atom. The molecule has 1 N–H and O–H groups in total. The molecule has 5 heteroatoms. The van der Waals surface area contributed by atoms with E-state index in [1.807, 2.05) is 25.6 Å². The second-order valence-electron chi connectivity index (χ2n) is 6.07. The van der Waals surface area contributed by atoms with Gasteiger partial charge in [-0.3, -0.25) is 4.68 Å². The maximum Gasteiger partial charge on any atom is 0.163 e. The maximum absolute atomic E-state index is 6.03. The van der Waals surface area contributed by atoms with Crippen LogP contribution in [-0.4, -0.2) is 41.2 Å². The predicted octanol–water partition coefficient (Wildman–Crippen LogP) is 1.72. The maximum atomic E-state index is 6.03. The summed E-state index contributed by atoms with van der Waals surface area (Å²) in [6, 6.07) is 0.759. The van der Waals surface area contributed by atoms with Crippen molar-refractivity contribution in [2.75, 3.05) is 13.2 Å². The SMILES string of the molecule is Cc1nn(C)c(C)c1OCC1CCC(CNC2CC2)O1. The number of nitrogens with zero attached hydrogens (tertiary/aromatic N) is 2. The molecule has 112 valence electrons. The zero-order valence-corrected chi connectivity index (χ0v) is 12.7. The molecule has 3 rings (SSSR count). The Bertz CT molecular complexity index is 468. The van der Waals surface area contributed by atoms with Crippen molar-refractivity contribution in [2.45, 2.75) is 57.8 Å². The van der Waals surface area contributed by atoms with Gasteiger partial charge in [-0.05, 0) is 39.5 Å². The molecule has 1 aromatic rings. The van der Waals surface area contributed by atoms with Crippen molar-refractivity contribution in [1.82, 2.24) is 15.1 Å². The van der Waals surface area contributed by atoms with E-state index in [2.05, 4.69) is 10.4 Å². The Labute approximate surface area is 120 Å². The summed E-state index contributed by atoms with van der Waals surface area (Å²) < 4.78 is 13.8. The summed E-state index contributed by atoms with van der Waals surface area (Å²) in [5, 5.41) is 7.90. The van der Waals surface area contributed by atoms with E-state index in [1.165, 1.54) is 12.8 Å². The first-order valence-corrected chi connectivity index (χ1v) is 7.65. The van der Waals surface area contributed by atoms with Crippen LogP contribution in [0.1, 0.15) is 37.1 Å². The number of rotatable bonds is 6. The van der Waals surface area contributed by atoms with Crippen LogP contribution in [0.4, 0.5) is 0 Å². The fourth-order valence-corrected chi connectivity index (χ4v) is 2.78. The Kier molecular flexibility index (Phi) is 3.98. The Morgan fingerprint density at radius 2 is 2.00 bits per heavy atom. The molecule has 20 heavy (non-hydrogen) atoms. The molecule has 1 aliphatic heterocycles. The van der Waals surface area contributed by atoms with Crippen LogP contribution in [0.2, 0.25) is 0 Å². The van der Waals surface area contributed by atoms with E-state index < -0.39 is 0 Å². The first-order valence-electron chi connectivity index (χ1n) is 7.65. The molecule has 0 aromatic carbocycles. The van der Waals surface area contributed by atoms with Crippen molar-refractivity contribution in [1.29, 1.82) is 0 Å². The zero-order chi connectivity index (χ0) is 14.1. The van der Waals surface area contributed by atoms with Crippen molar-refractivity contribution in [3.05, 3.63) is 11.4 Å². The fourth-order valence-electron chi connectivity index (χ4n) is 2.78. The predicted molar refractivity (Wildman–Crippen MR) is 77.1 cm³/mol. The molecule has 1 aromatic heterocycles. The molecule has 2 unspecified atom stereocenters. The van der Waals surface area contributed by atoms with Gasteiger partial charge in [-0.15, -0.1) is 0 Å². The van der Waals surface area contributed by atoms with Crippen LogP contribution in [-0.2, 0) is 11.8 Å². The Morgan fingerprint density at radius 1 is 1.25 bits per heavy atom. The molecule has 0 amide bonds. The van der Waals surface area contributed by atoms with E-state index in [0.717, 1.165) is 42.6 Å². The van der Waals surface area contributed by atoms with Gasteiger partial charge in [0.15, 0.2) is 5.75 Å². The number of nitrogens with one attached hydrogen (secondary N) is 1. The van der Waals surface area contributed by atoms with Crippen molar-refractivity contribution >= 4 is 0 Å². The van der Waals surface area contributed by atoms with Gasteiger partial charge in [-0.2, -0.15) is 5.10 Å². The summed E-state index contributed by atoms with van der Waals surface area (Å²) in [4.78, 5) is 0. The standard InChI is InChI=1S/C15H25N3O2/c1-10-15(11(2)18(3)17-10)19-9-14-7-6-13(20-14)8-16-12-4-5-12/h12-14,16H,4-9H2,1-3H3. The highest BCUT2D eigenvalue weighted by Gasteiger charge is 2.28. The summed E-state index contributed by atoms with van der Waals surface area (Å²) in [7, 11) is 1.95. The van der Waals surface area contributed by atoms with Crippen molar-refractivity contribution < 1.29 is 9.47 Å². The molecule has 5 nitrogen and oxygen atoms in total. The highest BCUT2D eigenvalue weighted by molar-refractivity contribution is 5.31. The van der Waals surface area contributed by atoms with Gasteiger partial charge in [-0.25, -0.2) is 0 Å². The van der Waals surface area contributed by atoms with Crippen molar-refractivity contribution in [3.8, 4) is 5.75 Å². The Hall–Kier alpha value is -1.07. The minimum absolute atomic E-state index is 0.222. The fraction of sp³-hybridized carbons (Fsp3) is 0.800. The van der Waals surface area contributed by atoms with Crippen LogP contribution < -0.4 is 10.1 Å². The van der Waals surface area contributed by atoms with Gasteiger partial charge in [0.25, 0.3) is 0 Å². The van der Waals surface area contributed by atoms with Crippen LogP contribution in [0.25, 0.3) is 0 Å². The molecule has 1 aliphatic carbocycles. The van der Waals surface area contributed by atoms with Gasteiger partial charge in [-0.1, -0.05) is 0 Å². The molecule has 1 saturated carbocycles. The zero-order valence-electron chi connectivity index (χ0n) is 12.7. The van der Waals surface area contributed by atoms with E-state index >= 15 is 0 Å². The van der Waals surface area contributed by atoms with Gasteiger partial charge < -0.3 is 14.8 Å². The Balaban J connectivity index is 1.44. The molecule has 0 bridgehead atoms. The van der Waals surface area contributed by atoms with Crippen LogP contribution in [0.15, 0.2) is 0 Å². The quantitative estimate of drug-likeness (QED) is 0.861. The summed E-state index contributed by atoms with van der Waals surface area (Å²) in [6.07, 6.45) is 5.48. The first kappa shape index (κ1) is 13.9. The van der Waals surface area contributed by atoms with Crippen molar-refractivity contribution in [2.24, 2.45) is 7.05 Å². The lowest BCUT2D eigenvalue weighted by molar-refractivity contribution is 0.0181. The number of aryl methyl sites for hydroxylation is 2. The van der Waals surface area contributed by atoms with Crippen molar-refractivity contribution in [3.63, 3.8) is 0 Å². The topological polar surface area (TPSA) is 48.3 Å². The molecule has 0 radical (unpaired) electrons. The van der Waals surface area contributed by atoms with Crippen LogP contribution in [0.5, 0.6) is 5.75 Å². The second kappa shape index (κ2) is 5.74. The lowest BCUT2D eigenvalue weighted by atomic mass is 10.2. The largest absolute Gasteiger partial charge is 0.487 e. The van der Waals surface area contributed by atoms with Gasteiger partial charge in [0.05, 0.1) is 17.9 Å². The molecule has 2 heterocycles. The highest BCUT2D eigenvalue weighted by atomic mass is 16.5. The normalized spacial score (nSPS) is 26.1.